The van der Waals surface area contributed by atoms with E-state index in [9.17, 15) is 0 Å². The van der Waals surface area contributed by atoms with Crippen LogP contribution >= 0.6 is 11.3 Å². The van der Waals surface area contributed by atoms with E-state index in [1.807, 2.05) is 17.5 Å². The molecule has 1 aromatic heterocycles. The van der Waals surface area contributed by atoms with Crippen LogP contribution in [0.25, 0.3) is 10.6 Å². The van der Waals surface area contributed by atoms with E-state index in [0.29, 0.717) is 6.54 Å². The van der Waals surface area contributed by atoms with Gasteiger partial charge in [-0.3, -0.25) is 0 Å². The molecule has 0 radical (unpaired) electrons. The highest BCUT2D eigenvalue weighted by atomic mass is 32.1. The fourth-order valence-corrected chi connectivity index (χ4v) is 2.17. The highest BCUT2D eigenvalue weighted by molar-refractivity contribution is 7.13. The molecule has 0 amide bonds. The van der Waals surface area contributed by atoms with Crippen LogP contribution in [0.5, 0.6) is 5.75 Å². The minimum absolute atomic E-state index is 0.275. The van der Waals surface area contributed by atoms with E-state index >= 15 is 0 Å². The Hall–Kier alpha value is -1.39. The van der Waals surface area contributed by atoms with Gasteiger partial charge in [-0.2, -0.15) is 0 Å². The second kappa shape index (κ2) is 4.42. The molecule has 1 aromatic carbocycles. The molecule has 0 aliphatic carbocycles. The number of nitrogens with two attached hydrogens (primary N) is 1. The van der Waals surface area contributed by atoms with Crippen molar-refractivity contribution in [3.63, 3.8) is 0 Å². The predicted molar refractivity (Wildman–Crippen MR) is 62.0 cm³/mol. The van der Waals surface area contributed by atoms with Gasteiger partial charge < -0.3 is 10.8 Å². The fraction of sp³-hybridized carbons (Fsp3) is 0.182. The molecule has 0 bridgehead atoms. The number of nitrogens with zero attached hydrogens (tertiary/aromatic N) is 1. The zero-order valence-corrected chi connectivity index (χ0v) is 9.00. The van der Waals surface area contributed by atoms with Gasteiger partial charge in [0, 0.05) is 17.4 Å². The van der Waals surface area contributed by atoms with Crippen LogP contribution in [0.4, 0.5) is 0 Å². The quantitative estimate of drug-likeness (QED) is 0.832. The summed E-state index contributed by atoms with van der Waals surface area (Å²) in [4.78, 5) is 4.46. The van der Waals surface area contributed by atoms with Crippen molar-refractivity contribution in [2.24, 2.45) is 5.73 Å². The normalized spacial score (nSPS) is 10.5. The monoisotopic (exact) mass is 220 g/mol. The molecule has 0 fully saturated rings. The first-order valence-electron chi connectivity index (χ1n) is 4.73. The standard InChI is InChI=1S/C11H12N2OS/c12-6-5-9-7-15-11(13-9)8-1-3-10(14)4-2-8/h1-4,7,14H,5-6,12H2. The molecular formula is C11H12N2OS. The van der Waals surface area contributed by atoms with Crippen molar-refractivity contribution >= 4 is 11.3 Å². The van der Waals surface area contributed by atoms with E-state index in [2.05, 4.69) is 4.98 Å². The Balaban J connectivity index is 2.25. The van der Waals surface area contributed by atoms with Gasteiger partial charge in [0.15, 0.2) is 0 Å². The average molecular weight is 220 g/mol. The van der Waals surface area contributed by atoms with Gasteiger partial charge in [0.25, 0.3) is 0 Å². The first-order chi connectivity index (χ1) is 7.29. The molecular weight excluding hydrogens is 208 g/mol. The molecule has 3 N–H and O–H groups in total. The minimum atomic E-state index is 0.275. The Labute approximate surface area is 92.2 Å². The first-order valence-corrected chi connectivity index (χ1v) is 5.61. The van der Waals surface area contributed by atoms with Crippen molar-refractivity contribution in [1.29, 1.82) is 0 Å². The van der Waals surface area contributed by atoms with Gasteiger partial charge in [0.1, 0.15) is 10.8 Å². The van der Waals surface area contributed by atoms with Crippen molar-refractivity contribution in [2.75, 3.05) is 6.54 Å². The van der Waals surface area contributed by atoms with Gasteiger partial charge in [0.05, 0.1) is 5.69 Å². The maximum atomic E-state index is 9.16. The van der Waals surface area contributed by atoms with E-state index < -0.39 is 0 Å². The Kier molecular flexibility index (Phi) is 2.99. The van der Waals surface area contributed by atoms with Crippen molar-refractivity contribution in [1.82, 2.24) is 4.98 Å². The smallest absolute Gasteiger partial charge is 0.123 e. The van der Waals surface area contributed by atoms with E-state index in [0.717, 1.165) is 22.7 Å². The largest absolute Gasteiger partial charge is 0.508 e. The van der Waals surface area contributed by atoms with Gasteiger partial charge >= 0.3 is 0 Å². The van der Waals surface area contributed by atoms with Crippen LogP contribution in [0.3, 0.4) is 0 Å². The lowest BCUT2D eigenvalue weighted by Crippen LogP contribution is -2.02. The number of hydrogen-bond donors (Lipinski definition) is 2. The average Bonchev–Trinajstić information content (AvgIpc) is 2.68. The molecule has 78 valence electrons. The number of phenols is 1. The number of thiazole rings is 1. The summed E-state index contributed by atoms with van der Waals surface area (Å²) in [6.07, 6.45) is 0.814. The van der Waals surface area contributed by atoms with Gasteiger partial charge in [-0.15, -0.1) is 11.3 Å². The van der Waals surface area contributed by atoms with Crippen LogP contribution in [0.2, 0.25) is 0 Å². The van der Waals surface area contributed by atoms with Gasteiger partial charge in [-0.25, -0.2) is 4.98 Å². The molecule has 0 atom stereocenters. The van der Waals surface area contributed by atoms with Gasteiger partial charge in [0.2, 0.25) is 0 Å². The summed E-state index contributed by atoms with van der Waals surface area (Å²) in [5.74, 6) is 0.275. The maximum Gasteiger partial charge on any atom is 0.123 e. The minimum Gasteiger partial charge on any atom is -0.508 e. The third-order valence-corrected chi connectivity index (χ3v) is 3.01. The molecule has 0 unspecified atom stereocenters. The van der Waals surface area contributed by atoms with E-state index in [4.69, 9.17) is 10.8 Å². The maximum absolute atomic E-state index is 9.16. The number of rotatable bonds is 3. The molecule has 4 heteroatoms. The topological polar surface area (TPSA) is 59.1 Å². The third-order valence-electron chi connectivity index (χ3n) is 2.07. The third kappa shape index (κ3) is 2.34. The lowest BCUT2D eigenvalue weighted by molar-refractivity contribution is 0.475. The van der Waals surface area contributed by atoms with Crippen molar-refractivity contribution < 1.29 is 5.11 Å². The van der Waals surface area contributed by atoms with E-state index in [1.54, 1.807) is 23.5 Å². The predicted octanol–water partition coefficient (Wildman–Crippen LogP) is 2.02. The Bertz CT molecular complexity index is 436. The molecule has 0 saturated carbocycles. The van der Waals surface area contributed by atoms with E-state index in [-0.39, 0.29) is 5.75 Å². The molecule has 2 rings (SSSR count). The second-order valence-corrected chi connectivity index (χ2v) is 4.09. The molecule has 0 spiro atoms. The number of aromatic hydroxyl groups is 1. The molecule has 0 aliphatic rings. The summed E-state index contributed by atoms with van der Waals surface area (Å²) >= 11 is 1.60. The number of phenolic OH excluding ortho intramolecular Hbond substituents is 1. The highest BCUT2D eigenvalue weighted by Crippen LogP contribution is 2.25. The lowest BCUT2D eigenvalue weighted by atomic mass is 10.2. The lowest BCUT2D eigenvalue weighted by Gasteiger charge is -1.96. The molecule has 15 heavy (non-hydrogen) atoms. The zero-order valence-electron chi connectivity index (χ0n) is 8.18. The van der Waals surface area contributed by atoms with E-state index in [1.165, 1.54) is 0 Å². The summed E-state index contributed by atoms with van der Waals surface area (Å²) in [6, 6.07) is 7.06. The molecule has 3 nitrogen and oxygen atoms in total. The van der Waals surface area contributed by atoms with Gasteiger partial charge in [-0.1, -0.05) is 0 Å². The molecule has 2 aromatic rings. The van der Waals surface area contributed by atoms with Crippen molar-refractivity contribution in [3.05, 3.63) is 35.3 Å². The Morgan fingerprint density at radius 1 is 1.27 bits per heavy atom. The van der Waals surface area contributed by atoms with Crippen molar-refractivity contribution in [3.8, 4) is 16.3 Å². The fourth-order valence-electron chi connectivity index (χ4n) is 1.31. The van der Waals surface area contributed by atoms with Crippen LogP contribution in [0, 0.1) is 0 Å². The van der Waals surface area contributed by atoms with Crippen LogP contribution in [0.15, 0.2) is 29.6 Å². The molecule has 1 heterocycles. The Morgan fingerprint density at radius 3 is 2.67 bits per heavy atom. The summed E-state index contributed by atoms with van der Waals surface area (Å²) in [5, 5.41) is 12.2. The van der Waals surface area contributed by atoms with Crippen LogP contribution in [0.1, 0.15) is 5.69 Å². The van der Waals surface area contributed by atoms with Crippen molar-refractivity contribution in [2.45, 2.75) is 6.42 Å². The zero-order chi connectivity index (χ0) is 10.7. The summed E-state index contributed by atoms with van der Waals surface area (Å²) in [6.45, 7) is 0.624. The number of benzene rings is 1. The summed E-state index contributed by atoms with van der Waals surface area (Å²) < 4.78 is 0. The highest BCUT2D eigenvalue weighted by Gasteiger charge is 2.03. The molecule has 0 saturated heterocycles. The Morgan fingerprint density at radius 2 is 2.00 bits per heavy atom. The summed E-state index contributed by atoms with van der Waals surface area (Å²) in [7, 11) is 0. The molecule has 0 aliphatic heterocycles. The SMILES string of the molecule is NCCc1csc(-c2ccc(O)cc2)n1. The second-order valence-electron chi connectivity index (χ2n) is 3.23. The number of aromatic nitrogens is 1. The van der Waals surface area contributed by atoms with Crippen LogP contribution < -0.4 is 5.73 Å². The summed E-state index contributed by atoms with van der Waals surface area (Å²) in [5.41, 5.74) is 7.52. The van der Waals surface area contributed by atoms with Gasteiger partial charge in [-0.05, 0) is 30.8 Å². The van der Waals surface area contributed by atoms with Crippen LogP contribution in [-0.4, -0.2) is 16.6 Å². The number of hydrogen-bond acceptors (Lipinski definition) is 4. The van der Waals surface area contributed by atoms with Crippen LogP contribution in [-0.2, 0) is 6.42 Å². The first kappa shape index (κ1) is 10.1.